The minimum absolute atomic E-state index is 0.0474. The summed E-state index contributed by atoms with van der Waals surface area (Å²) in [5, 5.41) is 3.66. The molecular formula is C25H33ClN2O3. The summed E-state index contributed by atoms with van der Waals surface area (Å²) in [7, 11) is 0. The molecule has 2 atom stereocenters. The van der Waals surface area contributed by atoms with Crippen molar-refractivity contribution < 1.29 is 14.3 Å². The molecule has 31 heavy (non-hydrogen) atoms. The first-order chi connectivity index (χ1) is 14.7. The first kappa shape index (κ1) is 24.7. The summed E-state index contributed by atoms with van der Waals surface area (Å²) in [6.45, 7) is 9.98. The summed E-state index contributed by atoms with van der Waals surface area (Å²) < 4.78 is 5.74. The Morgan fingerprint density at radius 1 is 1.06 bits per heavy atom. The van der Waals surface area contributed by atoms with Crippen LogP contribution in [0.1, 0.15) is 50.3 Å². The van der Waals surface area contributed by atoms with E-state index in [2.05, 4.69) is 5.32 Å². The van der Waals surface area contributed by atoms with Gasteiger partial charge in [0.15, 0.2) is 6.61 Å². The molecule has 0 aliphatic heterocycles. The molecule has 0 aliphatic carbocycles. The summed E-state index contributed by atoms with van der Waals surface area (Å²) >= 11 is 6.07. The van der Waals surface area contributed by atoms with Crippen LogP contribution in [0.15, 0.2) is 42.5 Å². The van der Waals surface area contributed by atoms with E-state index in [0.29, 0.717) is 23.7 Å². The van der Waals surface area contributed by atoms with E-state index >= 15 is 0 Å². The van der Waals surface area contributed by atoms with Gasteiger partial charge in [-0.3, -0.25) is 9.59 Å². The lowest BCUT2D eigenvalue weighted by atomic mass is 10.1. The van der Waals surface area contributed by atoms with E-state index in [0.717, 1.165) is 23.1 Å². The molecule has 2 amide bonds. The molecule has 2 rings (SSSR count). The molecule has 0 fully saturated rings. The number of nitrogens with zero attached hydrogens (tertiary/aromatic N) is 1. The third kappa shape index (κ3) is 7.28. The Labute approximate surface area is 190 Å². The second kappa shape index (κ2) is 11.8. The van der Waals surface area contributed by atoms with E-state index in [4.69, 9.17) is 16.3 Å². The van der Waals surface area contributed by atoms with Gasteiger partial charge in [0.2, 0.25) is 5.91 Å². The quantitative estimate of drug-likeness (QED) is 0.557. The van der Waals surface area contributed by atoms with Crippen molar-refractivity contribution in [2.24, 2.45) is 0 Å². The van der Waals surface area contributed by atoms with Crippen molar-refractivity contribution >= 4 is 23.4 Å². The van der Waals surface area contributed by atoms with Crippen LogP contribution in [-0.2, 0) is 16.1 Å². The lowest BCUT2D eigenvalue weighted by Gasteiger charge is -2.31. The smallest absolute Gasteiger partial charge is 0.261 e. The highest BCUT2D eigenvalue weighted by atomic mass is 35.5. The number of rotatable bonds is 10. The lowest BCUT2D eigenvalue weighted by molar-refractivity contribution is -0.143. The Morgan fingerprint density at radius 2 is 1.74 bits per heavy atom. The highest BCUT2D eigenvalue weighted by Crippen LogP contribution is 2.21. The summed E-state index contributed by atoms with van der Waals surface area (Å²) in [6, 6.07) is 12.7. The SMILES string of the molecule is CC[C@@H](C)NC(=O)[C@@H](CC)N(Cc1ccc(C)cc1)C(=O)COc1ccc(Cl)c(C)c1. The van der Waals surface area contributed by atoms with E-state index in [-0.39, 0.29) is 24.5 Å². The number of carbonyl (C=O) groups excluding carboxylic acids is 2. The van der Waals surface area contributed by atoms with Gasteiger partial charge >= 0.3 is 0 Å². The number of benzene rings is 2. The zero-order valence-corrected chi connectivity index (χ0v) is 19.8. The lowest BCUT2D eigenvalue weighted by Crippen LogP contribution is -2.51. The monoisotopic (exact) mass is 444 g/mol. The number of carbonyl (C=O) groups is 2. The van der Waals surface area contributed by atoms with Crippen LogP contribution < -0.4 is 10.1 Å². The molecule has 0 saturated heterocycles. The summed E-state index contributed by atoms with van der Waals surface area (Å²) in [4.78, 5) is 27.7. The molecule has 0 aliphatic rings. The molecule has 0 saturated carbocycles. The number of nitrogens with one attached hydrogen (secondary N) is 1. The van der Waals surface area contributed by atoms with E-state index in [1.165, 1.54) is 0 Å². The average Bonchev–Trinajstić information content (AvgIpc) is 2.75. The molecule has 0 spiro atoms. The van der Waals surface area contributed by atoms with Crippen LogP contribution >= 0.6 is 11.6 Å². The minimum atomic E-state index is -0.571. The largest absolute Gasteiger partial charge is 0.484 e. The Balaban J connectivity index is 2.21. The molecule has 0 bridgehead atoms. The Bertz CT molecular complexity index is 883. The van der Waals surface area contributed by atoms with Gasteiger partial charge in [0.25, 0.3) is 5.91 Å². The van der Waals surface area contributed by atoms with Gasteiger partial charge in [-0.15, -0.1) is 0 Å². The first-order valence-corrected chi connectivity index (χ1v) is 11.2. The predicted molar refractivity (Wildman–Crippen MR) is 125 cm³/mol. The number of aryl methyl sites for hydroxylation is 2. The minimum Gasteiger partial charge on any atom is -0.484 e. The van der Waals surface area contributed by atoms with E-state index in [9.17, 15) is 9.59 Å². The Hall–Kier alpha value is -2.53. The number of halogens is 1. The molecule has 0 aromatic heterocycles. The van der Waals surface area contributed by atoms with Crippen LogP contribution in [0, 0.1) is 13.8 Å². The van der Waals surface area contributed by atoms with Gasteiger partial charge in [-0.2, -0.15) is 0 Å². The normalized spacial score (nSPS) is 12.7. The fraction of sp³-hybridized carbons (Fsp3) is 0.440. The van der Waals surface area contributed by atoms with Crippen LogP contribution in [0.4, 0.5) is 0 Å². The molecule has 168 valence electrons. The summed E-state index contributed by atoms with van der Waals surface area (Å²) in [5.74, 6) is 0.196. The molecule has 2 aromatic carbocycles. The van der Waals surface area contributed by atoms with Gasteiger partial charge in [-0.1, -0.05) is 55.3 Å². The molecule has 0 unspecified atom stereocenters. The fourth-order valence-electron chi connectivity index (χ4n) is 3.19. The van der Waals surface area contributed by atoms with Crippen molar-refractivity contribution in [3.05, 3.63) is 64.2 Å². The molecule has 1 N–H and O–H groups in total. The van der Waals surface area contributed by atoms with Gasteiger partial charge in [0, 0.05) is 17.6 Å². The standard InChI is InChI=1S/C25H33ClN2O3/c1-6-19(5)27-25(30)23(7-2)28(15-20-10-8-17(3)9-11-20)24(29)16-31-21-12-13-22(26)18(4)14-21/h8-14,19,23H,6-7,15-16H2,1-5H3,(H,27,30)/t19-,23-/m1/s1. The van der Waals surface area contributed by atoms with Crippen LogP contribution in [-0.4, -0.2) is 35.4 Å². The molecule has 5 nitrogen and oxygen atoms in total. The predicted octanol–water partition coefficient (Wildman–Crippen LogP) is 5.06. The van der Waals surface area contributed by atoms with Crippen molar-refractivity contribution in [1.82, 2.24) is 10.2 Å². The van der Waals surface area contributed by atoms with E-state index < -0.39 is 6.04 Å². The van der Waals surface area contributed by atoms with Gasteiger partial charge in [0.1, 0.15) is 11.8 Å². The van der Waals surface area contributed by atoms with Gasteiger partial charge in [0.05, 0.1) is 0 Å². The maximum absolute atomic E-state index is 13.2. The zero-order chi connectivity index (χ0) is 23.0. The van der Waals surface area contributed by atoms with Crippen LogP contribution in [0.3, 0.4) is 0 Å². The summed E-state index contributed by atoms with van der Waals surface area (Å²) in [5.41, 5.74) is 2.99. The zero-order valence-electron chi connectivity index (χ0n) is 19.1. The maximum Gasteiger partial charge on any atom is 0.261 e. The first-order valence-electron chi connectivity index (χ1n) is 10.8. The average molecular weight is 445 g/mol. The number of ether oxygens (including phenoxy) is 1. The highest BCUT2D eigenvalue weighted by molar-refractivity contribution is 6.31. The number of amides is 2. The van der Waals surface area contributed by atoms with E-state index in [1.54, 1.807) is 23.1 Å². The number of hydrogen-bond donors (Lipinski definition) is 1. The molecule has 0 heterocycles. The molecule has 6 heteroatoms. The van der Waals surface area contributed by atoms with Crippen LogP contribution in [0.2, 0.25) is 5.02 Å². The van der Waals surface area contributed by atoms with E-state index in [1.807, 2.05) is 58.9 Å². The van der Waals surface area contributed by atoms with Crippen LogP contribution in [0.25, 0.3) is 0 Å². The van der Waals surface area contributed by atoms with Crippen molar-refractivity contribution in [1.29, 1.82) is 0 Å². The molecule has 2 aromatic rings. The van der Waals surface area contributed by atoms with Gasteiger partial charge < -0.3 is 15.0 Å². The second-order valence-corrected chi connectivity index (χ2v) is 8.36. The molecular weight excluding hydrogens is 412 g/mol. The Morgan fingerprint density at radius 3 is 2.32 bits per heavy atom. The van der Waals surface area contributed by atoms with Crippen molar-refractivity contribution in [2.45, 2.75) is 66.1 Å². The van der Waals surface area contributed by atoms with Gasteiger partial charge in [-0.05, 0) is 62.9 Å². The summed E-state index contributed by atoms with van der Waals surface area (Å²) in [6.07, 6.45) is 1.34. The third-order valence-corrected chi connectivity index (χ3v) is 5.78. The van der Waals surface area contributed by atoms with Crippen LogP contribution in [0.5, 0.6) is 5.75 Å². The van der Waals surface area contributed by atoms with Crippen molar-refractivity contribution in [2.75, 3.05) is 6.61 Å². The fourth-order valence-corrected chi connectivity index (χ4v) is 3.30. The highest BCUT2D eigenvalue weighted by Gasteiger charge is 2.29. The molecule has 0 radical (unpaired) electrons. The van der Waals surface area contributed by atoms with Gasteiger partial charge in [-0.25, -0.2) is 0 Å². The maximum atomic E-state index is 13.2. The third-order valence-electron chi connectivity index (χ3n) is 5.35. The van der Waals surface area contributed by atoms with Crippen molar-refractivity contribution in [3.8, 4) is 5.75 Å². The second-order valence-electron chi connectivity index (χ2n) is 7.95. The number of hydrogen-bond acceptors (Lipinski definition) is 3. The topological polar surface area (TPSA) is 58.6 Å². The Kier molecular flexibility index (Phi) is 9.38. The van der Waals surface area contributed by atoms with Crippen molar-refractivity contribution in [3.63, 3.8) is 0 Å².